The van der Waals surface area contributed by atoms with Crippen LogP contribution in [0.5, 0.6) is 0 Å². The van der Waals surface area contributed by atoms with E-state index >= 15 is 0 Å². The highest BCUT2D eigenvalue weighted by Gasteiger charge is 2.39. The first kappa shape index (κ1) is 19.6. The Hall–Kier alpha value is -2.67. The maximum Gasteiger partial charge on any atom is 0.222 e. The van der Waals surface area contributed by atoms with Crippen molar-refractivity contribution in [1.82, 2.24) is 24.0 Å². The molecule has 3 aromatic rings. The van der Waals surface area contributed by atoms with Gasteiger partial charge in [0, 0.05) is 39.3 Å². The van der Waals surface area contributed by atoms with Gasteiger partial charge in [0.2, 0.25) is 5.91 Å². The smallest absolute Gasteiger partial charge is 0.222 e. The summed E-state index contributed by atoms with van der Waals surface area (Å²) in [7, 11) is 3.83. The normalized spacial score (nSPS) is 21.7. The molecule has 0 unspecified atom stereocenters. The van der Waals surface area contributed by atoms with E-state index in [-0.39, 0.29) is 18.0 Å². The topological polar surface area (TPSA) is 76.2 Å². The minimum absolute atomic E-state index is 0.0160. The summed E-state index contributed by atoms with van der Waals surface area (Å²) in [4.78, 5) is 23.4. The van der Waals surface area contributed by atoms with Gasteiger partial charge in [-0.3, -0.25) is 4.79 Å². The summed E-state index contributed by atoms with van der Waals surface area (Å²) in [6, 6.07) is 7.91. The molecule has 1 fully saturated rings. The maximum atomic E-state index is 12.8. The molecule has 3 atom stereocenters. The molecule has 1 aliphatic carbocycles. The van der Waals surface area contributed by atoms with Crippen molar-refractivity contribution >= 4 is 16.9 Å². The second-order valence-corrected chi connectivity index (χ2v) is 8.02. The number of nitrogens with zero attached hydrogens (tertiary/aromatic N) is 5. The highest BCUT2D eigenvalue weighted by molar-refractivity contribution is 5.77. The zero-order chi connectivity index (χ0) is 20.5. The lowest BCUT2D eigenvalue weighted by Crippen LogP contribution is -2.43. The molecule has 4 rings (SSSR count). The van der Waals surface area contributed by atoms with E-state index in [4.69, 9.17) is 0 Å². The summed E-state index contributed by atoms with van der Waals surface area (Å²) in [5.41, 5.74) is 2.10. The summed E-state index contributed by atoms with van der Waals surface area (Å²) in [5.74, 6) is 1.97. The van der Waals surface area contributed by atoms with Crippen molar-refractivity contribution in [2.45, 2.75) is 57.2 Å². The molecule has 1 amide bonds. The van der Waals surface area contributed by atoms with E-state index < -0.39 is 6.10 Å². The third kappa shape index (κ3) is 3.67. The number of amides is 1. The quantitative estimate of drug-likeness (QED) is 0.696. The number of hydrogen-bond donors (Lipinski definition) is 1. The minimum atomic E-state index is -0.573. The standard InChI is InChI=1S/C22H29N5O2/c1-15-23-13-14-27(15)19-12-11-18(22(19)29)26(3)21(28)10-6-9-20-24-16-7-4-5-8-17(16)25(20)2/h4-5,7-8,13-14,18-19,22,29H,6,9-12H2,1-3H3/t18-,19-,22-/m1/s1. The third-order valence-corrected chi connectivity index (χ3v) is 6.33. The van der Waals surface area contributed by atoms with Crippen LogP contribution in [0.4, 0.5) is 0 Å². The van der Waals surface area contributed by atoms with Crippen LogP contribution in [0.1, 0.15) is 43.4 Å². The van der Waals surface area contributed by atoms with Crippen molar-refractivity contribution < 1.29 is 9.90 Å². The van der Waals surface area contributed by atoms with Gasteiger partial charge < -0.3 is 19.1 Å². The number of hydrogen-bond acceptors (Lipinski definition) is 4. The van der Waals surface area contributed by atoms with E-state index in [0.717, 1.165) is 48.4 Å². The zero-order valence-corrected chi connectivity index (χ0v) is 17.3. The van der Waals surface area contributed by atoms with Crippen molar-refractivity contribution in [2.75, 3.05) is 7.05 Å². The van der Waals surface area contributed by atoms with E-state index in [0.29, 0.717) is 6.42 Å². The molecular weight excluding hydrogens is 366 g/mol. The molecular formula is C22H29N5O2. The summed E-state index contributed by atoms with van der Waals surface area (Å²) >= 11 is 0. The van der Waals surface area contributed by atoms with Gasteiger partial charge >= 0.3 is 0 Å². The van der Waals surface area contributed by atoms with Crippen molar-refractivity contribution in [3.63, 3.8) is 0 Å². The van der Waals surface area contributed by atoms with Crippen LogP contribution in [0.25, 0.3) is 11.0 Å². The maximum absolute atomic E-state index is 12.8. The average Bonchev–Trinajstić information content (AvgIpc) is 3.39. The summed E-state index contributed by atoms with van der Waals surface area (Å²) in [6.07, 6.45) is 6.70. The van der Waals surface area contributed by atoms with Crippen LogP contribution in [0.3, 0.4) is 0 Å². The Labute approximate surface area is 171 Å². The van der Waals surface area contributed by atoms with Gasteiger partial charge in [0.1, 0.15) is 11.6 Å². The third-order valence-electron chi connectivity index (χ3n) is 6.33. The predicted molar refractivity (Wildman–Crippen MR) is 111 cm³/mol. The van der Waals surface area contributed by atoms with E-state index in [9.17, 15) is 9.90 Å². The molecule has 2 heterocycles. The van der Waals surface area contributed by atoms with Gasteiger partial charge in [-0.15, -0.1) is 0 Å². The minimum Gasteiger partial charge on any atom is -0.389 e. The molecule has 1 aromatic carbocycles. The van der Waals surface area contributed by atoms with Crippen LogP contribution < -0.4 is 0 Å². The summed E-state index contributed by atoms with van der Waals surface area (Å²) < 4.78 is 4.12. The molecule has 1 saturated carbocycles. The zero-order valence-electron chi connectivity index (χ0n) is 17.3. The first-order chi connectivity index (χ1) is 14.0. The number of aliphatic hydroxyl groups excluding tert-OH is 1. The number of benzene rings is 1. The largest absolute Gasteiger partial charge is 0.389 e. The fourth-order valence-corrected chi connectivity index (χ4v) is 4.58. The lowest BCUT2D eigenvalue weighted by atomic mass is 10.1. The van der Waals surface area contributed by atoms with E-state index in [2.05, 4.69) is 20.6 Å². The van der Waals surface area contributed by atoms with Crippen molar-refractivity contribution in [1.29, 1.82) is 0 Å². The summed E-state index contributed by atoms with van der Waals surface area (Å²) in [6.45, 7) is 1.94. The SMILES string of the molecule is Cc1nccn1[C@@H]1CC[C@@H](N(C)C(=O)CCCc2nc3ccccc3n2C)[C@H]1O. The fourth-order valence-electron chi connectivity index (χ4n) is 4.58. The molecule has 1 N–H and O–H groups in total. The Kier molecular flexibility index (Phi) is 5.41. The number of rotatable bonds is 6. The first-order valence-corrected chi connectivity index (χ1v) is 10.3. The second-order valence-electron chi connectivity index (χ2n) is 8.02. The molecule has 7 heteroatoms. The van der Waals surface area contributed by atoms with Crippen molar-refractivity contribution in [3.05, 3.63) is 48.3 Å². The Morgan fingerprint density at radius 1 is 1.31 bits per heavy atom. The molecule has 0 aliphatic heterocycles. The van der Waals surface area contributed by atoms with Crippen LogP contribution in [0, 0.1) is 6.92 Å². The molecule has 2 aromatic heterocycles. The fraction of sp³-hybridized carbons (Fsp3) is 0.500. The van der Waals surface area contributed by atoms with Gasteiger partial charge in [-0.1, -0.05) is 12.1 Å². The molecule has 0 radical (unpaired) electrons. The van der Waals surface area contributed by atoms with Gasteiger partial charge in [0.05, 0.1) is 29.2 Å². The summed E-state index contributed by atoms with van der Waals surface area (Å²) in [5, 5.41) is 10.8. The number of imidazole rings is 2. The Morgan fingerprint density at radius 3 is 2.83 bits per heavy atom. The van der Waals surface area contributed by atoms with Crippen LogP contribution in [-0.4, -0.2) is 54.2 Å². The van der Waals surface area contributed by atoms with Crippen LogP contribution >= 0.6 is 0 Å². The van der Waals surface area contributed by atoms with Gasteiger partial charge in [-0.05, 0) is 38.3 Å². The number of likely N-dealkylation sites (N-methyl/N-ethyl adjacent to an activating group) is 1. The number of para-hydroxylation sites is 2. The average molecular weight is 396 g/mol. The van der Waals surface area contributed by atoms with E-state index in [1.807, 2.05) is 50.0 Å². The number of carbonyl (C=O) groups excluding carboxylic acids is 1. The monoisotopic (exact) mass is 395 g/mol. The predicted octanol–water partition coefficient (Wildman–Crippen LogP) is 2.62. The Balaban J connectivity index is 1.34. The molecule has 0 saturated heterocycles. The Morgan fingerprint density at radius 2 is 2.10 bits per heavy atom. The number of fused-ring (bicyclic) bond motifs is 1. The van der Waals surface area contributed by atoms with Crippen molar-refractivity contribution in [2.24, 2.45) is 7.05 Å². The lowest BCUT2D eigenvalue weighted by Gasteiger charge is -2.29. The number of aliphatic hydroxyl groups is 1. The van der Waals surface area contributed by atoms with Gasteiger partial charge in [-0.2, -0.15) is 0 Å². The van der Waals surface area contributed by atoms with Gasteiger partial charge in [0.15, 0.2) is 0 Å². The van der Waals surface area contributed by atoms with Crippen LogP contribution in [-0.2, 0) is 18.3 Å². The molecule has 0 spiro atoms. The molecule has 1 aliphatic rings. The Bertz CT molecular complexity index is 1010. The number of carbonyl (C=O) groups is 1. The van der Waals surface area contributed by atoms with Crippen LogP contribution in [0.15, 0.2) is 36.7 Å². The lowest BCUT2D eigenvalue weighted by molar-refractivity contribution is -0.134. The number of aryl methyl sites for hydroxylation is 3. The van der Waals surface area contributed by atoms with E-state index in [1.54, 1.807) is 11.1 Å². The molecule has 154 valence electrons. The second kappa shape index (κ2) is 7.99. The highest BCUT2D eigenvalue weighted by atomic mass is 16.3. The van der Waals surface area contributed by atoms with Crippen LogP contribution in [0.2, 0.25) is 0 Å². The molecule has 0 bridgehead atoms. The van der Waals surface area contributed by atoms with Crippen molar-refractivity contribution in [3.8, 4) is 0 Å². The van der Waals surface area contributed by atoms with Gasteiger partial charge in [-0.25, -0.2) is 9.97 Å². The highest BCUT2D eigenvalue weighted by Crippen LogP contribution is 2.34. The number of aromatic nitrogens is 4. The molecule has 7 nitrogen and oxygen atoms in total. The first-order valence-electron chi connectivity index (χ1n) is 10.3. The molecule has 29 heavy (non-hydrogen) atoms. The van der Waals surface area contributed by atoms with Gasteiger partial charge in [0.25, 0.3) is 0 Å². The van der Waals surface area contributed by atoms with E-state index in [1.165, 1.54) is 0 Å².